The number of amides is 1. The fourth-order valence-electron chi connectivity index (χ4n) is 0.873. The lowest BCUT2D eigenvalue weighted by Crippen LogP contribution is -2.32. The van der Waals surface area contributed by atoms with Crippen LogP contribution in [-0.2, 0) is 4.79 Å². The largest absolute Gasteiger partial charge is 0.395 e. The summed E-state index contributed by atoms with van der Waals surface area (Å²) in [5.41, 5.74) is 0. The summed E-state index contributed by atoms with van der Waals surface area (Å²) >= 11 is 4.82. The molecule has 4 heteroatoms. The van der Waals surface area contributed by atoms with Crippen LogP contribution in [0, 0.1) is 0 Å². The van der Waals surface area contributed by atoms with E-state index in [1.807, 2.05) is 0 Å². The molecule has 0 aromatic rings. The number of allylic oxidation sites excluding steroid dienone is 1. The fraction of sp³-hybridized carbons (Fsp3) is 0.429. The number of aliphatic hydroxyl groups is 1. The lowest BCUT2D eigenvalue weighted by Gasteiger charge is -2.20. The molecule has 0 bridgehead atoms. The van der Waals surface area contributed by atoms with Gasteiger partial charge in [0, 0.05) is 17.6 Å². The van der Waals surface area contributed by atoms with E-state index in [1.54, 1.807) is 12.3 Å². The average Bonchev–Trinajstić information content (AvgIpc) is 1.95. The van der Waals surface area contributed by atoms with Crippen LogP contribution in [0.4, 0.5) is 0 Å². The zero-order chi connectivity index (χ0) is 8.27. The van der Waals surface area contributed by atoms with Gasteiger partial charge in [0.1, 0.15) is 0 Å². The van der Waals surface area contributed by atoms with Gasteiger partial charge >= 0.3 is 0 Å². The van der Waals surface area contributed by atoms with Gasteiger partial charge in [-0.3, -0.25) is 4.79 Å². The zero-order valence-corrected chi connectivity index (χ0v) is 6.80. The summed E-state index contributed by atoms with van der Waals surface area (Å²) in [6.07, 6.45) is 3.63. The molecule has 0 spiro atoms. The van der Waals surface area contributed by atoms with Crippen LogP contribution >= 0.6 is 12.2 Å². The minimum atomic E-state index is -0.0356. The molecule has 0 aromatic carbocycles. The molecule has 0 unspecified atom stereocenters. The second-order valence-corrected chi connectivity index (χ2v) is 2.79. The molecule has 0 radical (unpaired) electrons. The first-order valence-corrected chi connectivity index (χ1v) is 3.76. The van der Waals surface area contributed by atoms with Crippen molar-refractivity contribution in [1.29, 1.82) is 0 Å². The molecule has 0 fully saturated rings. The van der Waals surface area contributed by atoms with Crippen LogP contribution in [0.1, 0.15) is 6.42 Å². The Labute approximate surface area is 70.3 Å². The van der Waals surface area contributed by atoms with Crippen molar-refractivity contribution in [3.8, 4) is 0 Å². The first kappa shape index (κ1) is 8.36. The maximum absolute atomic E-state index is 11.1. The predicted molar refractivity (Wildman–Crippen MR) is 45.2 cm³/mol. The van der Waals surface area contributed by atoms with E-state index in [0.717, 1.165) is 0 Å². The zero-order valence-electron chi connectivity index (χ0n) is 5.99. The van der Waals surface area contributed by atoms with E-state index >= 15 is 0 Å². The lowest BCUT2D eigenvalue weighted by molar-refractivity contribution is -0.127. The highest BCUT2D eigenvalue weighted by molar-refractivity contribution is 7.80. The predicted octanol–water partition coefficient (Wildman–Crippen LogP) is 0.0946. The van der Waals surface area contributed by atoms with E-state index in [9.17, 15) is 4.79 Å². The number of carbonyl (C=O) groups is 1. The summed E-state index contributed by atoms with van der Waals surface area (Å²) in [6.45, 7) is 0.348. The Kier molecular flexibility index (Phi) is 2.73. The van der Waals surface area contributed by atoms with Crippen molar-refractivity contribution in [3.63, 3.8) is 0 Å². The summed E-state index contributed by atoms with van der Waals surface area (Å²) in [4.78, 5) is 13.2. The number of thiocarbonyl (C=S) groups is 1. The third-order valence-electron chi connectivity index (χ3n) is 1.43. The molecule has 0 aromatic heterocycles. The van der Waals surface area contributed by atoms with Gasteiger partial charge in [-0.25, -0.2) is 0 Å². The third-order valence-corrected chi connectivity index (χ3v) is 1.71. The molecular weight excluding hydrogens is 162 g/mol. The van der Waals surface area contributed by atoms with Gasteiger partial charge in [0.25, 0.3) is 0 Å². The van der Waals surface area contributed by atoms with Gasteiger partial charge in [0.2, 0.25) is 5.91 Å². The summed E-state index contributed by atoms with van der Waals surface area (Å²) in [6, 6.07) is 0. The van der Waals surface area contributed by atoms with Crippen molar-refractivity contribution in [2.24, 2.45) is 0 Å². The van der Waals surface area contributed by atoms with E-state index in [-0.39, 0.29) is 12.5 Å². The van der Waals surface area contributed by atoms with Gasteiger partial charge in [-0.15, -0.1) is 0 Å². The van der Waals surface area contributed by atoms with E-state index in [0.29, 0.717) is 17.8 Å². The summed E-state index contributed by atoms with van der Waals surface area (Å²) in [7, 11) is 0. The molecule has 1 rings (SSSR count). The molecule has 3 nitrogen and oxygen atoms in total. The van der Waals surface area contributed by atoms with Crippen molar-refractivity contribution in [2.45, 2.75) is 6.42 Å². The van der Waals surface area contributed by atoms with E-state index < -0.39 is 0 Å². The smallest absolute Gasteiger partial charge is 0.231 e. The lowest BCUT2D eigenvalue weighted by atomic mass is 10.2. The highest BCUT2D eigenvalue weighted by atomic mass is 32.1. The standard InChI is InChI=1S/C7H9NO2S/c9-4-3-8-2-1-6(11)5-7(8)10/h1-2,9H,3-5H2. The molecule has 1 amide bonds. The van der Waals surface area contributed by atoms with Gasteiger partial charge in [-0.05, 0) is 6.08 Å². The highest BCUT2D eigenvalue weighted by Gasteiger charge is 2.15. The van der Waals surface area contributed by atoms with E-state index in [2.05, 4.69) is 0 Å². The van der Waals surface area contributed by atoms with Gasteiger partial charge in [0.05, 0.1) is 13.0 Å². The number of carbonyl (C=O) groups excluding carboxylic acids is 1. The second kappa shape index (κ2) is 3.59. The maximum Gasteiger partial charge on any atom is 0.231 e. The topological polar surface area (TPSA) is 40.5 Å². The molecule has 1 aliphatic heterocycles. The SMILES string of the molecule is O=C1CC(=S)C=CN1CCO. The second-order valence-electron chi connectivity index (χ2n) is 2.27. The molecule has 60 valence electrons. The Bertz CT molecular complexity index is 212. The first-order chi connectivity index (χ1) is 5.24. The normalized spacial score (nSPS) is 17.7. The van der Waals surface area contributed by atoms with Crippen molar-refractivity contribution in [3.05, 3.63) is 12.3 Å². The molecule has 0 aliphatic carbocycles. The number of nitrogens with zero attached hydrogens (tertiary/aromatic N) is 1. The summed E-state index contributed by atoms with van der Waals surface area (Å²) in [5, 5.41) is 8.54. The van der Waals surface area contributed by atoms with E-state index in [1.165, 1.54) is 4.90 Å². The Morgan fingerprint density at radius 3 is 3.00 bits per heavy atom. The average molecular weight is 171 g/mol. The Morgan fingerprint density at radius 2 is 2.45 bits per heavy atom. The van der Waals surface area contributed by atoms with Crippen LogP contribution < -0.4 is 0 Å². The first-order valence-electron chi connectivity index (χ1n) is 3.35. The van der Waals surface area contributed by atoms with Gasteiger partial charge in [-0.1, -0.05) is 12.2 Å². The van der Waals surface area contributed by atoms with Crippen LogP contribution in [0.25, 0.3) is 0 Å². The Hall–Kier alpha value is -0.740. The van der Waals surface area contributed by atoms with Crippen molar-refractivity contribution >= 4 is 23.0 Å². The molecule has 0 saturated carbocycles. The van der Waals surface area contributed by atoms with Crippen LogP contribution in [0.2, 0.25) is 0 Å². The van der Waals surface area contributed by atoms with Crippen molar-refractivity contribution in [2.75, 3.05) is 13.2 Å². The molecule has 1 N–H and O–H groups in total. The minimum absolute atomic E-state index is 0.0111. The Balaban J connectivity index is 2.61. The Morgan fingerprint density at radius 1 is 1.73 bits per heavy atom. The van der Waals surface area contributed by atoms with E-state index in [4.69, 9.17) is 17.3 Å². The van der Waals surface area contributed by atoms with Gasteiger partial charge < -0.3 is 10.0 Å². The number of β-amino-alcohol motifs (C(OH)–C–C–N with tert-alkyl or cyclic N) is 1. The van der Waals surface area contributed by atoms with Crippen molar-refractivity contribution < 1.29 is 9.90 Å². The number of hydrogen-bond donors (Lipinski definition) is 1. The van der Waals surface area contributed by atoms with Crippen LogP contribution in [0.15, 0.2) is 12.3 Å². The van der Waals surface area contributed by atoms with Crippen LogP contribution in [-0.4, -0.2) is 33.9 Å². The summed E-state index contributed by atoms with van der Waals surface area (Å²) < 4.78 is 0. The number of hydrogen-bond acceptors (Lipinski definition) is 3. The number of rotatable bonds is 2. The van der Waals surface area contributed by atoms with Crippen LogP contribution in [0.3, 0.4) is 0 Å². The quantitative estimate of drug-likeness (QED) is 0.599. The van der Waals surface area contributed by atoms with Crippen molar-refractivity contribution in [1.82, 2.24) is 4.90 Å². The molecule has 1 aliphatic rings. The molecule has 0 saturated heterocycles. The molecule has 1 heterocycles. The number of aliphatic hydroxyl groups excluding tert-OH is 1. The third kappa shape index (κ3) is 2.10. The van der Waals surface area contributed by atoms with Crippen LogP contribution in [0.5, 0.6) is 0 Å². The molecule has 11 heavy (non-hydrogen) atoms. The summed E-state index contributed by atoms with van der Waals surface area (Å²) in [5.74, 6) is -0.0356. The molecular formula is C7H9NO2S. The minimum Gasteiger partial charge on any atom is -0.395 e. The maximum atomic E-state index is 11.1. The molecule has 0 atom stereocenters. The highest BCUT2D eigenvalue weighted by Crippen LogP contribution is 2.05. The fourth-order valence-corrected chi connectivity index (χ4v) is 1.06. The van der Waals surface area contributed by atoms with Gasteiger partial charge in [0.15, 0.2) is 0 Å². The monoisotopic (exact) mass is 171 g/mol. The van der Waals surface area contributed by atoms with Gasteiger partial charge in [-0.2, -0.15) is 0 Å².